The summed E-state index contributed by atoms with van der Waals surface area (Å²) in [5.74, 6) is 0. The van der Waals surface area contributed by atoms with E-state index in [4.69, 9.17) is 10.5 Å². The van der Waals surface area contributed by atoms with E-state index < -0.39 is 0 Å². The van der Waals surface area contributed by atoms with E-state index in [1.807, 2.05) is 0 Å². The third kappa shape index (κ3) is 3.22. The lowest BCUT2D eigenvalue weighted by Gasteiger charge is -2.22. The van der Waals surface area contributed by atoms with Crippen molar-refractivity contribution in [2.24, 2.45) is 5.73 Å². The van der Waals surface area contributed by atoms with Crippen molar-refractivity contribution in [3.05, 3.63) is 29.3 Å². The van der Waals surface area contributed by atoms with Crippen LogP contribution in [-0.2, 0) is 11.3 Å². The van der Waals surface area contributed by atoms with Gasteiger partial charge in [0.05, 0.1) is 6.61 Å². The molecule has 0 amide bonds. The van der Waals surface area contributed by atoms with Crippen molar-refractivity contribution >= 4 is 5.69 Å². The summed E-state index contributed by atoms with van der Waals surface area (Å²) in [6.45, 7) is 4.28. The second-order valence-corrected chi connectivity index (χ2v) is 3.75. The van der Waals surface area contributed by atoms with Gasteiger partial charge in [0.1, 0.15) is 0 Å². The quantitative estimate of drug-likeness (QED) is 0.797. The summed E-state index contributed by atoms with van der Waals surface area (Å²) in [4.78, 5) is 2.18. The second-order valence-electron chi connectivity index (χ2n) is 3.75. The molecule has 0 spiro atoms. The van der Waals surface area contributed by atoms with Gasteiger partial charge in [0.2, 0.25) is 0 Å². The summed E-state index contributed by atoms with van der Waals surface area (Å²) in [5.41, 5.74) is 9.35. The first-order chi connectivity index (χ1) is 7.19. The molecule has 0 bridgehead atoms. The Hall–Kier alpha value is -1.06. The second kappa shape index (κ2) is 5.73. The number of methoxy groups -OCH3 is 1. The van der Waals surface area contributed by atoms with Crippen LogP contribution in [0, 0.1) is 6.92 Å². The highest BCUT2D eigenvalue weighted by molar-refractivity contribution is 5.54. The molecule has 3 nitrogen and oxygen atoms in total. The van der Waals surface area contributed by atoms with Crippen molar-refractivity contribution in [2.45, 2.75) is 13.5 Å². The molecule has 1 aromatic carbocycles. The number of likely N-dealkylation sites (N-methyl/N-ethyl adjacent to an activating group) is 1. The Morgan fingerprint density at radius 2 is 2.13 bits per heavy atom. The first-order valence-corrected chi connectivity index (χ1v) is 5.18. The molecule has 0 saturated heterocycles. The molecule has 0 saturated carbocycles. The number of nitrogens with two attached hydrogens (primary N) is 1. The van der Waals surface area contributed by atoms with E-state index in [0.29, 0.717) is 6.54 Å². The van der Waals surface area contributed by atoms with Crippen LogP contribution in [-0.4, -0.2) is 27.3 Å². The first-order valence-electron chi connectivity index (χ1n) is 5.18. The van der Waals surface area contributed by atoms with Crippen LogP contribution in [0.15, 0.2) is 18.2 Å². The monoisotopic (exact) mass is 208 g/mol. The molecule has 0 aromatic heterocycles. The van der Waals surface area contributed by atoms with E-state index in [0.717, 1.165) is 13.2 Å². The predicted molar refractivity (Wildman–Crippen MR) is 64.2 cm³/mol. The van der Waals surface area contributed by atoms with Crippen molar-refractivity contribution in [2.75, 3.05) is 32.2 Å². The van der Waals surface area contributed by atoms with Gasteiger partial charge in [0, 0.05) is 32.9 Å². The molecule has 0 aliphatic heterocycles. The van der Waals surface area contributed by atoms with Crippen molar-refractivity contribution in [3.63, 3.8) is 0 Å². The number of nitrogens with zero attached hydrogens (tertiary/aromatic N) is 1. The minimum absolute atomic E-state index is 0.576. The lowest BCUT2D eigenvalue weighted by atomic mass is 10.1. The molecule has 0 aliphatic rings. The van der Waals surface area contributed by atoms with Gasteiger partial charge in [-0.3, -0.25) is 0 Å². The summed E-state index contributed by atoms with van der Waals surface area (Å²) in [5, 5.41) is 0. The molecule has 0 unspecified atom stereocenters. The fourth-order valence-corrected chi connectivity index (χ4v) is 1.55. The summed E-state index contributed by atoms with van der Waals surface area (Å²) < 4.78 is 5.06. The smallest absolute Gasteiger partial charge is 0.0637 e. The minimum atomic E-state index is 0.576. The van der Waals surface area contributed by atoms with Crippen molar-refractivity contribution < 1.29 is 4.74 Å². The molecule has 15 heavy (non-hydrogen) atoms. The van der Waals surface area contributed by atoms with E-state index in [2.05, 4.69) is 37.1 Å². The Bertz CT molecular complexity index is 312. The molecular formula is C12H20N2O. The van der Waals surface area contributed by atoms with E-state index >= 15 is 0 Å². The maximum atomic E-state index is 5.71. The van der Waals surface area contributed by atoms with Crippen LogP contribution < -0.4 is 10.6 Å². The number of hydrogen-bond donors (Lipinski definition) is 1. The lowest BCUT2D eigenvalue weighted by Crippen LogP contribution is -2.23. The van der Waals surface area contributed by atoms with Crippen LogP contribution in [0.5, 0.6) is 0 Å². The lowest BCUT2D eigenvalue weighted by molar-refractivity contribution is 0.206. The Morgan fingerprint density at radius 1 is 1.40 bits per heavy atom. The standard InChI is InChI=1S/C12H20N2O/c1-10-4-5-11(9-13)12(8-10)14(2)6-7-15-3/h4-5,8H,6-7,9,13H2,1-3H3. The van der Waals surface area contributed by atoms with Crippen molar-refractivity contribution in [3.8, 4) is 0 Å². The number of rotatable bonds is 5. The molecule has 2 N–H and O–H groups in total. The van der Waals surface area contributed by atoms with E-state index in [1.165, 1.54) is 16.8 Å². The average molecular weight is 208 g/mol. The van der Waals surface area contributed by atoms with Gasteiger partial charge in [-0.2, -0.15) is 0 Å². The van der Waals surface area contributed by atoms with Gasteiger partial charge in [0.25, 0.3) is 0 Å². The van der Waals surface area contributed by atoms with Gasteiger partial charge in [-0.25, -0.2) is 0 Å². The molecule has 1 aromatic rings. The molecule has 0 heterocycles. The zero-order valence-corrected chi connectivity index (χ0v) is 9.79. The number of benzene rings is 1. The Kier molecular flexibility index (Phi) is 4.59. The molecule has 0 aliphatic carbocycles. The highest BCUT2D eigenvalue weighted by Crippen LogP contribution is 2.20. The van der Waals surface area contributed by atoms with E-state index in [-0.39, 0.29) is 0 Å². The number of ether oxygens (including phenoxy) is 1. The fourth-order valence-electron chi connectivity index (χ4n) is 1.55. The number of hydrogen-bond acceptors (Lipinski definition) is 3. The molecule has 0 atom stereocenters. The topological polar surface area (TPSA) is 38.5 Å². The van der Waals surface area contributed by atoms with Crippen LogP contribution in [0.2, 0.25) is 0 Å². The fraction of sp³-hybridized carbons (Fsp3) is 0.500. The number of anilines is 1. The van der Waals surface area contributed by atoms with Crippen LogP contribution in [0.1, 0.15) is 11.1 Å². The van der Waals surface area contributed by atoms with Crippen molar-refractivity contribution in [1.82, 2.24) is 0 Å². The van der Waals surface area contributed by atoms with Gasteiger partial charge in [-0.15, -0.1) is 0 Å². The van der Waals surface area contributed by atoms with Crippen LogP contribution >= 0.6 is 0 Å². The highest BCUT2D eigenvalue weighted by Gasteiger charge is 2.06. The maximum Gasteiger partial charge on any atom is 0.0637 e. The Labute approximate surface area is 91.8 Å². The molecule has 84 valence electrons. The third-order valence-corrected chi connectivity index (χ3v) is 2.50. The van der Waals surface area contributed by atoms with Crippen LogP contribution in [0.25, 0.3) is 0 Å². The molecular weight excluding hydrogens is 188 g/mol. The van der Waals surface area contributed by atoms with Gasteiger partial charge in [-0.1, -0.05) is 12.1 Å². The van der Waals surface area contributed by atoms with Gasteiger partial charge in [-0.05, 0) is 24.1 Å². The molecule has 0 fully saturated rings. The molecule has 0 radical (unpaired) electrons. The highest BCUT2D eigenvalue weighted by atomic mass is 16.5. The zero-order valence-electron chi connectivity index (χ0n) is 9.79. The number of aryl methyl sites for hydroxylation is 1. The minimum Gasteiger partial charge on any atom is -0.383 e. The Balaban J connectivity index is 2.85. The largest absolute Gasteiger partial charge is 0.383 e. The third-order valence-electron chi connectivity index (χ3n) is 2.50. The van der Waals surface area contributed by atoms with Gasteiger partial charge < -0.3 is 15.4 Å². The summed E-state index contributed by atoms with van der Waals surface area (Å²) in [6.07, 6.45) is 0. The summed E-state index contributed by atoms with van der Waals surface area (Å²) in [7, 11) is 3.78. The summed E-state index contributed by atoms with van der Waals surface area (Å²) in [6, 6.07) is 6.35. The molecule has 1 rings (SSSR count). The van der Waals surface area contributed by atoms with Gasteiger partial charge in [0.15, 0.2) is 0 Å². The van der Waals surface area contributed by atoms with E-state index in [9.17, 15) is 0 Å². The van der Waals surface area contributed by atoms with Crippen molar-refractivity contribution in [1.29, 1.82) is 0 Å². The zero-order chi connectivity index (χ0) is 11.3. The normalized spacial score (nSPS) is 10.4. The first kappa shape index (κ1) is 12.0. The maximum absolute atomic E-state index is 5.71. The Morgan fingerprint density at radius 3 is 2.73 bits per heavy atom. The van der Waals surface area contributed by atoms with Crippen LogP contribution in [0.4, 0.5) is 5.69 Å². The SMILES string of the molecule is COCCN(C)c1cc(C)ccc1CN. The van der Waals surface area contributed by atoms with Crippen LogP contribution in [0.3, 0.4) is 0 Å². The average Bonchev–Trinajstić information content (AvgIpc) is 2.25. The van der Waals surface area contributed by atoms with Gasteiger partial charge >= 0.3 is 0 Å². The predicted octanol–water partition coefficient (Wildman–Crippen LogP) is 1.54. The molecule has 3 heteroatoms. The summed E-state index contributed by atoms with van der Waals surface area (Å²) >= 11 is 0. The van der Waals surface area contributed by atoms with E-state index in [1.54, 1.807) is 7.11 Å².